The van der Waals surface area contributed by atoms with Crippen molar-refractivity contribution in [1.29, 1.82) is 0 Å². The Labute approximate surface area is 119 Å². The van der Waals surface area contributed by atoms with Crippen molar-refractivity contribution in [3.8, 4) is 0 Å². The van der Waals surface area contributed by atoms with Gasteiger partial charge in [0.15, 0.2) is 17.4 Å². The van der Waals surface area contributed by atoms with E-state index in [9.17, 15) is 18.4 Å². The van der Waals surface area contributed by atoms with Gasteiger partial charge in [-0.3, -0.25) is 9.59 Å². The zero-order valence-electron chi connectivity index (χ0n) is 11.2. The summed E-state index contributed by atoms with van der Waals surface area (Å²) in [5.41, 5.74) is 0.913. The summed E-state index contributed by atoms with van der Waals surface area (Å²) in [6.45, 7) is -0.0706. The van der Waals surface area contributed by atoms with Gasteiger partial charge in [0.05, 0.1) is 6.54 Å². The highest BCUT2D eigenvalue weighted by atomic mass is 19.2. The van der Waals surface area contributed by atoms with Gasteiger partial charge in [-0.1, -0.05) is 12.1 Å². The SMILES string of the molecule is O=C1CCCc2c1ccc(=O)n2Cc1cccc(F)c1F. The number of rotatable bonds is 2. The first kappa shape index (κ1) is 13.7. The molecule has 1 aromatic heterocycles. The molecule has 0 saturated heterocycles. The molecule has 1 aromatic carbocycles. The molecule has 0 bridgehead atoms. The molecule has 3 nitrogen and oxygen atoms in total. The number of halogens is 2. The number of fused-ring (bicyclic) bond motifs is 1. The maximum atomic E-state index is 13.8. The van der Waals surface area contributed by atoms with E-state index in [0.717, 1.165) is 6.07 Å². The lowest BCUT2D eigenvalue weighted by atomic mass is 9.94. The van der Waals surface area contributed by atoms with Crippen molar-refractivity contribution in [3.05, 3.63) is 69.1 Å². The second-order valence-corrected chi connectivity index (χ2v) is 5.11. The van der Waals surface area contributed by atoms with E-state index >= 15 is 0 Å². The first-order chi connectivity index (χ1) is 10.1. The molecule has 0 aliphatic heterocycles. The summed E-state index contributed by atoms with van der Waals surface area (Å²) in [7, 11) is 0. The number of Topliss-reactive ketones (excluding diaryl/α,β-unsaturated/α-hetero) is 1. The number of benzene rings is 1. The maximum absolute atomic E-state index is 13.8. The average molecular weight is 289 g/mol. The molecule has 108 valence electrons. The largest absolute Gasteiger partial charge is 0.307 e. The average Bonchev–Trinajstić information content (AvgIpc) is 2.47. The number of pyridine rings is 1. The minimum Gasteiger partial charge on any atom is -0.307 e. The highest BCUT2D eigenvalue weighted by Gasteiger charge is 2.21. The second kappa shape index (κ2) is 5.24. The minimum absolute atomic E-state index is 0.00952. The summed E-state index contributed by atoms with van der Waals surface area (Å²) >= 11 is 0. The third-order valence-corrected chi connectivity index (χ3v) is 3.77. The number of carbonyl (C=O) groups is 1. The van der Waals surface area contributed by atoms with Crippen molar-refractivity contribution in [2.45, 2.75) is 25.8 Å². The van der Waals surface area contributed by atoms with Crippen molar-refractivity contribution < 1.29 is 13.6 Å². The maximum Gasteiger partial charge on any atom is 0.251 e. The Bertz CT molecular complexity index is 780. The first-order valence-corrected chi connectivity index (χ1v) is 6.77. The third kappa shape index (κ3) is 2.39. The molecule has 2 aromatic rings. The third-order valence-electron chi connectivity index (χ3n) is 3.77. The Hall–Kier alpha value is -2.30. The molecule has 3 rings (SSSR count). The standard InChI is InChI=1S/C16H13F2NO2/c17-12-4-1-3-10(16(12)18)9-19-13-5-2-6-14(20)11(13)7-8-15(19)21/h1,3-4,7-8H,2,5-6,9H2. The Morgan fingerprint density at radius 2 is 1.86 bits per heavy atom. The van der Waals surface area contributed by atoms with Gasteiger partial charge in [0.25, 0.3) is 5.56 Å². The van der Waals surface area contributed by atoms with Crippen LogP contribution in [0.15, 0.2) is 35.1 Å². The van der Waals surface area contributed by atoms with Crippen LogP contribution in [0, 0.1) is 11.6 Å². The molecule has 0 radical (unpaired) electrons. The van der Waals surface area contributed by atoms with E-state index in [0.29, 0.717) is 30.5 Å². The van der Waals surface area contributed by atoms with Crippen molar-refractivity contribution >= 4 is 5.78 Å². The number of hydrogen-bond donors (Lipinski definition) is 0. The summed E-state index contributed by atoms with van der Waals surface area (Å²) in [6, 6.07) is 6.71. The highest BCUT2D eigenvalue weighted by molar-refractivity contribution is 5.97. The fraction of sp³-hybridized carbons (Fsp3) is 0.250. The summed E-state index contributed by atoms with van der Waals surface area (Å²) < 4.78 is 28.4. The van der Waals surface area contributed by atoms with E-state index in [1.807, 2.05) is 0 Å². The monoisotopic (exact) mass is 289 g/mol. The number of aromatic nitrogens is 1. The van der Waals surface area contributed by atoms with Crippen LogP contribution >= 0.6 is 0 Å². The van der Waals surface area contributed by atoms with Gasteiger partial charge in [-0.25, -0.2) is 8.78 Å². The zero-order chi connectivity index (χ0) is 15.0. The quantitative estimate of drug-likeness (QED) is 0.852. The van der Waals surface area contributed by atoms with E-state index in [1.165, 1.54) is 28.8 Å². The summed E-state index contributed by atoms with van der Waals surface area (Å²) in [4.78, 5) is 23.9. The lowest BCUT2D eigenvalue weighted by molar-refractivity contribution is 0.0970. The van der Waals surface area contributed by atoms with E-state index < -0.39 is 11.6 Å². The van der Waals surface area contributed by atoms with Crippen LogP contribution in [-0.4, -0.2) is 10.4 Å². The minimum atomic E-state index is -0.955. The second-order valence-electron chi connectivity index (χ2n) is 5.11. The molecule has 0 unspecified atom stereocenters. The molecule has 0 amide bonds. The highest BCUT2D eigenvalue weighted by Crippen LogP contribution is 2.21. The van der Waals surface area contributed by atoms with Crippen LogP contribution in [0.2, 0.25) is 0 Å². The predicted molar refractivity (Wildman–Crippen MR) is 73.4 cm³/mol. The molecule has 0 N–H and O–H groups in total. The molecule has 0 fully saturated rings. The van der Waals surface area contributed by atoms with Gasteiger partial charge in [0.1, 0.15) is 0 Å². The molecule has 0 spiro atoms. The first-order valence-electron chi connectivity index (χ1n) is 6.77. The van der Waals surface area contributed by atoms with Crippen LogP contribution in [0.3, 0.4) is 0 Å². The van der Waals surface area contributed by atoms with Crippen LogP contribution in [0.5, 0.6) is 0 Å². The van der Waals surface area contributed by atoms with Gasteiger partial charge in [0.2, 0.25) is 0 Å². The van der Waals surface area contributed by atoms with Gasteiger partial charge in [-0.05, 0) is 25.0 Å². The van der Waals surface area contributed by atoms with Crippen LogP contribution in [0.25, 0.3) is 0 Å². The van der Waals surface area contributed by atoms with Crippen molar-refractivity contribution in [1.82, 2.24) is 4.57 Å². The van der Waals surface area contributed by atoms with Gasteiger partial charge < -0.3 is 4.57 Å². The Morgan fingerprint density at radius 3 is 2.67 bits per heavy atom. The fourth-order valence-electron chi connectivity index (χ4n) is 2.71. The van der Waals surface area contributed by atoms with Crippen LogP contribution in [-0.2, 0) is 13.0 Å². The number of hydrogen-bond acceptors (Lipinski definition) is 2. The topological polar surface area (TPSA) is 39.1 Å². The Balaban J connectivity index is 2.11. The number of nitrogens with zero attached hydrogens (tertiary/aromatic N) is 1. The lowest BCUT2D eigenvalue weighted by Crippen LogP contribution is -2.28. The van der Waals surface area contributed by atoms with E-state index in [2.05, 4.69) is 0 Å². The molecule has 1 aliphatic carbocycles. The lowest BCUT2D eigenvalue weighted by Gasteiger charge is -2.20. The Morgan fingerprint density at radius 1 is 1.05 bits per heavy atom. The smallest absolute Gasteiger partial charge is 0.251 e. The summed E-state index contributed by atoms with van der Waals surface area (Å²) in [5, 5.41) is 0. The van der Waals surface area contributed by atoms with Crippen molar-refractivity contribution in [2.24, 2.45) is 0 Å². The molecule has 5 heteroatoms. The number of carbonyl (C=O) groups excluding carboxylic acids is 1. The molecular weight excluding hydrogens is 276 g/mol. The van der Waals surface area contributed by atoms with Gasteiger partial charge in [-0.15, -0.1) is 0 Å². The molecular formula is C16H13F2NO2. The zero-order valence-corrected chi connectivity index (χ0v) is 11.2. The summed E-state index contributed by atoms with van der Waals surface area (Å²) in [5.74, 6) is -1.91. The molecule has 1 aliphatic rings. The van der Waals surface area contributed by atoms with Crippen molar-refractivity contribution in [3.63, 3.8) is 0 Å². The normalized spacial score (nSPS) is 14.1. The fourth-order valence-corrected chi connectivity index (χ4v) is 2.71. The van der Waals surface area contributed by atoms with Crippen molar-refractivity contribution in [2.75, 3.05) is 0 Å². The van der Waals surface area contributed by atoms with E-state index in [4.69, 9.17) is 0 Å². The Kier molecular flexibility index (Phi) is 3.41. The van der Waals surface area contributed by atoms with Gasteiger partial charge >= 0.3 is 0 Å². The molecule has 21 heavy (non-hydrogen) atoms. The van der Waals surface area contributed by atoms with Gasteiger partial charge in [-0.2, -0.15) is 0 Å². The molecule has 1 heterocycles. The number of ketones is 1. The van der Waals surface area contributed by atoms with Crippen LogP contribution in [0.4, 0.5) is 8.78 Å². The molecule has 0 atom stereocenters. The molecule has 0 saturated carbocycles. The van der Waals surface area contributed by atoms with Gasteiger partial charge in [0, 0.05) is 29.3 Å². The van der Waals surface area contributed by atoms with Crippen LogP contribution < -0.4 is 5.56 Å². The van der Waals surface area contributed by atoms with Crippen LogP contribution in [0.1, 0.15) is 34.5 Å². The van der Waals surface area contributed by atoms with E-state index in [-0.39, 0.29) is 23.5 Å². The summed E-state index contributed by atoms with van der Waals surface area (Å²) in [6.07, 6.45) is 1.72. The van der Waals surface area contributed by atoms with E-state index in [1.54, 1.807) is 0 Å². The predicted octanol–water partition coefficient (Wildman–Crippen LogP) is 2.69.